The number of aromatic amines is 2. The molecule has 0 saturated carbocycles. The summed E-state index contributed by atoms with van der Waals surface area (Å²) in [7, 11) is 0. The Morgan fingerprint density at radius 2 is 1.79 bits per heavy atom. The number of alkyl halides is 1. The van der Waals surface area contributed by atoms with Gasteiger partial charge in [-0.25, -0.2) is 10.3 Å². The Morgan fingerprint density at radius 3 is 2.00 bits per heavy atom. The number of H-pyrrole nitrogens is 2. The molecular weight excluding hydrogens is 403 g/mol. The molecule has 3 rings (SSSR count). The van der Waals surface area contributed by atoms with E-state index >= 15 is 0 Å². The standard InChI is InChI=1S/C7H7Br.C3H5N3.C2H2N3.C2H6O.Na.H2S/c8-6-7-4-2-1-3-5-7;1-3-2-4-6-5-3;1-2-4-5-3-1;1-2-3;;/h1-5H,6H2;2H,1H3,(H,4,5,6);1H,(H,3,4,5);3H,2H2,1H3;;1H2/q;;-1;;+1;/p-1. The Kier molecular flexibility index (Phi) is 26.1. The number of nitrogens with zero attached hydrogens (tertiary/aromatic N) is 4. The van der Waals surface area contributed by atoms with Crippen molar-refractivity contribution < 1.29 is 34.7 Å². The van der Waals surface area contributed by atoms with E-state index in [2.05, 4.69) is 65.1 Å². The molecule has 3 aromatic rings. The first-order valence-corrected chi connectivity index (χ1v) is 7.61. The summed E-state index contributed by atoms with van der Waals surface area (Å²) in [6, 6.07) is 10.3. The van der Waals surface area contributed by atoms with Crippen LogP contribution in [0.25, 0.3) is 0 Å². The average molecular weight is 424 g/mol. The molecule has 0 unspecified atom stereocenters. The Hall–Kier alpha value is -0.710. The minimum atomic E-state index is 0. The van der Waals surface area contributed by atoms with E-state index < -0.39 is 0 Å². The van der Waals surface area contributed by atoms with Crippen molar-refractivity contribution in [2.45, 2.75) is 19.2 Å². The second kappa shape index (κ2) is 22.3. The van der Waals surface area contributed by atoms with Crippen LogP contribution in [0, 0.1) is 13.1 Å². The predicted octanol–water partition coefficient (Wildman–Crippen LogP) is -0.968. The van der Waals surface area contributed by atoms with E-state index in [1.165, 1.54) is 11.8 Å². The summed E-state index contributed by atoms with van der Waals surface area (Å²) < 4.78 is 0. The SMILES string of the molecule is BrCc1ccccc1.CCO.Cc1cn[nH]n1.[Na+].[SH-].[c-]1cn[nH]n1. The molecular formula is C14H21BrN6NaOS-. The molecule has 0 aliphatic carbocycles. The zero-order valence-electron chi connectivity index (χ0n) is 14.0. The van der Waals surface area contributed by atoms with Crippen LogP contribution in [0.5, 0.6) is 0 Å². The van der Waals surface area contributed by atoms with Crippen molar-refractivity contribution in [2.24, 2.45) is 0 Å². The van der Waals surface area contributed by atoms with Gasteiger partial charge in [0, 0.05) is 11.9 Å². The molecule has 0 aliphatic heterocycles. The van der Waals surface area contributed by atoms with Gasteiger partial charge in [0.25, 0.3) is 0 Å². The molecule has 0 bridgehead atoms. The Balaban J connectivity index is -0.000000250. The Morgan fingerprint density at radius 1 is 1.17 bits per heavy atom. The van der Waals surface area contributed by atoms with Gasteiger partial charge in [-0.2, -0.15) is 15.4 Å². The van der Waals surface area contributed by atoms with Crippen molar-refractivity contribution in [3.05, 3.63) is 60.2 Å². The van der Waals surface area contributed by atoms with Gasteiger partial charge in [-0.3, -0.25) is 0 Å². The van der Waals surface area contributed by atoms with Crippen molar-refractivity contribution in [1.29, 1.82) is 0 Å². The van der Waals surface area contributed by atoms with Crippen molar-refractivity contribution in [1.82, 2.24) is 30.8 Å². The van der Waals surface area contributed by atoms with Crippen molar-refractivity contribution in [3.63, 3.8) is 0 Å². The number of thiol groups is 1. The summed E-state index contributed by atoms with van der Waals surface area (Å²) in [6.45, 7) is 3.81. The number of hydrogen-bond acceptors (Lipinski definition) is 6. The van der Waals surface area contributed by atoms with Crippen LogP contribution in [-0.4, -0.2) is 42.5 Å². The molecule has 0 spiro atoms. The zero-order valence-corrected chi connectivity index (χ0v) is 18.5. The second-order valence-corrected chi connectivity index (χ2v) is 4.21. The van der Waals surface area contributed by atoms with Crippen LogP contribution in [0.4, 0.5) is 0 Å². The average Bonchev–Trinajstić information content (AvgIpc) is 3.25. The molecule has 24 heavy (non-hydrogen) atoms. The van der Waals surface area contributed by atoms with E-state index in [0.29, 0.717) is 0 Å². The molecule has 3 N–H and O–H groups in total. The molecule has 0 saturated heterocycles. The van der Waals surface area contributed by atoms with Gasteiger partial charge in [0.15, 0.2) is 0 Å². The first kappa shape index (κ1) is 28.1. The van der Waals surface area contributed by atoms with E-state index in [1.54, 1.807) is 13.1 Å². The number of aliphatic hydroxyl groups excluding tert-OH is 1. The van der Waals surface area contributed by atoms with Gasteiger partial charge in [-0.1, -0.05) is 46.3 Å². The number of hydrogen-bond donors (Lipinski definition) is 3. The van der Waals surface area contributed by atoms with Gasteiger partial charge in [-0.05, 0) is 19.4 Å². The summed E-state index contributed by atoms with van der Waals surface area (Å²) >= 11 is 3.36. The number of aryl methyl sites for hydroxylation is 1. The van der Waals surface area contributed by atoms with Crippen LogP contribution in [0.2, 0.25) is 0 Å². The molecule has 7 nitrogen and oxygen atoms in total. The fraction of sp³-hybridized carbons (Fsp3) is 0.286. The topological polar surface area (TPSA) is 103 Å². The molecule has 10 heteroatoms. The molecule has 2 aromatic heterocycles. The number of aliphatic hydroxyl groups is 1. The van der Waals surface area contributed by atoms with Crippen LogP contribution in [0.15, 0.2) is 42.7 Å². The molecule has 0 fully saturated rings. The largest absolute Gasteiger partial charge is 1.00 e. The smallest absolute Gasteiger partial charge is 0.813 e. The summed E-state index contributed by atoms with van der Waals surface area (Å²) in [5, 5.41) is 27.3. The van der Waals surface area contributed by atoms with Crippen LogP contribution in [-0.2, 0) is 18.8 Å². The van der Waals surface area contributed by atoms with Crippen LogP contribution < -0.4 is 29.6 Å². The summed E-state index contributed by atoms with van der Waals surface area (Å²) in [5.41, 5.74) is 2.25. The van der Waals surface area contributed by atoms with E-state index in [-0.39, 0.29) is 49.7 Å². The Labute approximate surface area is 179 Å². The van der Waals surface area contributed by atoms with Crippen molar-refractivity contribution >= 4 is 29.4 Å². The molecule has 0 amide bonds. The quantitative estimate of drug-likeness (QED) is 0.153. The van der Waals surface area contributed by atoms with Crippen molar-refractivity contribution in [3.8, 4) is 0 Å². The number of benzene rings is 1. The van der Waals surface area contributed by atoms with Crippen LogP contribution in [0.3, 0.4) is 0 Å². The van der Waals surface area contributed by atoms with Gasteiger partial charge >= 0.3 is 29.6 Å². The van der Waals surface area contributed by atoms with Gasteiger partial charge in [-0.15, -0.1) is 6.20 Å². The van der Waals surface area contributed by atoms with Gasteiger partial charge < -0.3 is 29.9 Å². The van der Waals surface area contributed by atoms with Crippen LogP contribution >= 0.6 is 15.9 Å². The number of halogens is 1. The number of rotatable bonds is 1. The predicted molar refractivity (Wildman–Crippen MR) is 96.9 cm³/mol. The fourth-order valence-corrected chi connectivity index (χ4v) is 1.34. The van der Waals surface area contributed by atoms with Gasteiger partial charge in [0.1, 0.15) is 0 Å². The van der Waals surface area contributed by atoms with E-state index in [9.17, 15) is 0 Å². The zero-order chi connectivity index (χ0) is 16.5. The molecule has 2 heterocycles. The molecule has 1 aromatic carbocycles. The van der Waals surface area contributed by atoms with Gasteiger partial charge in [0.2, 0.25) is 0 Å². The summed E-state index contributed by atoms with van der Waals surface area (Å²) in [5.74, 6) is 0. The van der Waals surface area contributed by atoms with Crippen molar-refractivity contribution in [2.75, 3.05) is 6.61 Å². The number of nitrogens with one attached hydrogen (secondary N) is 2. The van der Waals surface area contributed by atoms with E-state index in [0.717, 1.165) is 11.0 Å². The normalized spacial score (nSPS) is 7.67. The number of aromatic nitrogens is 6. The molecule has 0 atom stereocenters. The molecule has 0 aliphatic rings. The Bertz CT molecular complexity index is 510. The van der Waals surface area contributed by atoms with Gasteiger partial charge in [0.05, 0.1) is 11.9 Å². The maximum absolute atomic E-state index is 7.57. The molecule has 128 valence electrons. The minimum Gasteiger partial charge on any atom is -0.813 e. The summed E-state index contributed by atoms with van der Waals surface area (Å²) in [6.07, 6.45) is 5.57. The monoisotopic (exact) mass is 423 g/mol. The first-order chi connectivity index (χ1) is 10.7. The first-order valence-electron chi connectivity index (χ1n) is 6.49. The maximum Gasteiger partial charge on any atom is 1.00 e. The van der Waals surface area contributed by atoms with E-state index in [4.69, 9.17) is 5.11 Å². The third-order valence-corrected chi connectivity index (χ3v) is 2.47. The maximum atomic E-state index is 7.57. The third-order valence-electron chi connectivity index (χ3n) is 1.83. The fourth-order valence-electron chi connectivity index (χ4n) is 0.970. The minimum absolute atomic E-state index is 0. The second-order valence-electron chi connectivity index (χ2n) is 3.65. The summed E-state index contributed by atoms with van der Waals surface area (Å²) in [4.78, 5) is 0. The van der Waals surface area contributed by atoms with E-state index in [1.807, 2.05) is 25.1 Å². The van der Waals surface area contributed by atoms with Crippen LogP contribution in [0.1, 0.15) is 18.2 Å². The molecule has 0 radical (unpaired) electrons. The third kappa shape index (κ3) is 19.3.